The van der Waals surface area contributed by atoms with Gasteiger partial charge in [-0.1, -0.05) is 23.7 Å². The molecule has 1 aromatic carbocycles. The average molecular weight is 292 g/mol. The van der Waals surface area contributed by atoms with Gasteiger partial charge in [-0.25, -0.2) is 9.97 Å². The van der Waals surface area contributed by atoms with Crippen LogP contribution in [-0.4, -0.2) is 23.6 Å². The smallest absolute Gasteiger partial charge is 0.135 e. The normalized spacial score (nSPS) is 10.6. The standard InChI is InChI=1S/C15H18ClN3O/c1-3-17-14-9-13(10-20-2)18-15(19-14)8-11-4-6-12(16)7-5-11/h4-7,9H,3,8,10H2,1-2H3,(H,17,18,19). The molecule has 106 valence electrons. The lowest BCUT2D eigenvalue weighted by Crippen LogP contribution is -2.07. The summed E-state index contributed by atoms with van der Waals surface area (Å²) in [6.07, 6.45) is 0.674. The summed E-state index contributed by atoms with van der Waals surface area (Å²) in [5, 5.41) is 3.95. The molecule has 0 bridgehead atoms. The number of nitrogens with one attached hydrogen (secondary N) is 1. The number of methoxy groups -OCH3 is 1. The molecule has 0 aliphatic carbocycles. The number of ether oxygens (including phenoxy) is 1. The van der Waals surface area contributed by atoms with Crippen LogP contribution in [0.5, 0.6) is 0 Å². The maximum absolute atomic E-state index is 5.89. The third kappa shape index (κ3) is 4.18. The van der Waals surface area contributed by atoms with Crippen molar-refractivity contribution >= 4 is 17.4 Å². The minimum absolute atomic E-state index is 0.481. The van der Waals surface area contributed by atoms with Crippen LogP contribution in [0.2, 0.25) is 5.02 Å². The first-order valence-electron chi connectivity index (χ1n) is 6.55. The molecular weight excluding hydrogens is 274 g/mol. The maximum atomic E-state index is 5.89. The van der Waals surface area contributed by atoms with Crippen molar-refractivity contribution in [3.63, 3.8) is 0 Å². The van der Waals surface area contributed by atoms with Crippen LogP contribution in [0.4, 0.5) is 5.82 Å². The van der Waals surface area contributed by atoms with Gasteiger partial charge in [-0.15, -0.1) is 0 Å². The first-order valence-corrected chi connectivity index (χ1v) is 6.93. The van der Waals surface area contributed by atoms with Crippen LogP contribution in [0.25, 0.3) is 0 Å². The molecule has 20 heavy (non-hydrogen) atoms. The highest BCUT2D eigenvalue weighted by molar-refractivity contribution is 6.30. The van der Waals surface area contributed by atoms with E-state index in [-0.39, 0.29) is 0 Å². The van der Waals surface area contributed by atoms with E-state index in [9.17, 15) is 0 Å². The second kappa shape index (κ2) is 7.22. The number of halogens is 1. The Morgan fingerprint density at radius 3 is 2.60 bits per heavy atom. The quantitative estimate of drug-likeness (QED) is 0.887. The molecular formula is C15H18ClN3O. The highest BCUT2D eigenvalue weighted by Crippen LogP contribution is 2.14. The summed E-state index contributed by atoms with van der Waals surface area (Å²) in [4.78, 5) is 9.03. The van der Waals surface area contributed by atoms with Crippen molar-refractivity contribution in [3.8, 4) is 0 Å². The van der Waals surface area contributed by atoms with Gasteiger partial charge < -0.3 is 10.1 Å². The summed E-state index contributed by atoms with van der Waals surface area (Å²) in [5.74, 6) is 1.61. The molecule has 0 fully saturated rings. The van der Waals surface area contributed by atoms with Crippen LogP contribution in [0.15, 0.2) is 30.3 Å². The van der Waals surface area contributed by atoms with Crippen molar-refractivity contribution in [2.24, 2.45) is 0 Å². The molecule has 2 rings (SSSR count). The van der Waals surface area contributed by atoms with Crippen LogP contribution < -0.4 is 5.32 Å². The highest BCUT2D eigenvalue weighted by Gasteiger charge is 2.05. The molecule has 5 heteroatoms. The number of hydrogen-bond acceptors (Lipinski definition) is 4. The summed E-state index contributed by atoms with van der Waals surface area (Å²) in [6.45, 7) is 3.34. The van der Waals surface area contributed by atoms with Gasteiger partial charge in [-0.2, -0.15) is 0 Å². The van der Waals surface area contributed by atoms with Crippen molar-refractivity contribution in [2.45, 2.75) is 20.0 Å². The van der Waals surface area contributed by atoms with Crippen LogP contribution in [-0.2, 0) is 17.8 Å². The average Bonchev–Trinajstić information content (AvgIpc) is 2.42. The molecule has 4 nitrogen and oxygen atoms in total. The predicted molar refractivity (Wildman–Crippen MR) is 81.2 cm³/mol. The van der Waals surface area contributed by atoms with E-state index in [4.69, 9.17) is 16.3 Å². The predicted octanol–water partition coefficient (Wildman–Crippen LogP) is 3.30. The van der Waals surface area contributed by atoms with Gasteiger partial charge in [0.25, 0.3) is 0 Å². The van der Waals surface area contributed by atoms with Crippen molar-refractivity contribution in [1.82, 2.24) is 9.97 Å². The molecule has 0 aliphatic rings. The van der Waals surface area contributed by atoms with Crippen LogP contribution >= 0.6 is 11.6 Å². The van der Waals surface area contributed by atoms with Crippen LogP contribution in [0, 0.1) is 0 Å². The van der Waals surface area contributed by atoms with E-state index >= 15 is 0 Å². The van der Waals surface area contributed by atoms with Gasteiger partial charge in [-0.3, -0.25) is 0 Å². The zero-order chi connectivity index (χ0) is 14.4. The fraction of sp³-hybridized carbons (Fsp3) is 0.333. The van der Waals surface area contributed by atoms with Gasteiger partial charge >= 0.3 is 0 Å². The van der Waals surface area contributed by atoms with Gasteiger partial charge in [-0.05, 0) is 24.6 Å². The fourth-order valence-electron chi connectivity index (χ4n) is 1.91. The highest BCUT2D eigenvalue weighted by atomic mass is 35.5. The second-order valence-corrected chi connectivity index (χ2v) is 4.86. The minimum atomic E-state index is 0.481. The molecule has 0 spiro atoms. The molecule has 0 saturated heterocycles. The molecule has 0 atom stereocenters. The molecule has 0 unspecified atom stereocenters. The van der Waals surface area contributed by atoms with E-state index in [2.05, 4.69) is 15.3 Å². The zero-order valence-corrected chi connectivity index (χ0v) is 12.4. The summed E-state index contributed by atoms with van der Waals surface area (Å²) in [6, 6.07) is 9.64. The number of rotatable bonds is 6. The number of anilines is 1. The summed E-state index contributed by atoms with van der Waals surface area (Å²) in [7, 11) is 1.66. The van der Waals surface area contributed by atoms with Gasteiger partial charge in [0, 0.05) is 31.2 Å². The molecule has 2 aromatic rings. The van der Waals surface area contributed by atoms with Crippen molar-refractivity contribution in [2.75, 3.05) is 19.0 Å². The van der Waals surface area contributed by atoms with E-state index < -0.39 is 0 Å². The second-order valence-electron chi connectivity index (χ2n) is 4.43. The molecule has 0 saturated carbocycles. The lowest BCUT2D eigenvalue weighted by molar-refractivity contribution is 0.181. The molecule has 1 N–H and O–H groups in total. The lowest BCUT2D eigenvalue weighted by Gasteiger charge is -2.08. The fourth-order valence-corrected chi connectivity index (χ4v) is 2.04. The van der Waals surface area contributed by atoms with Gasteiger partial charge in [0.05, 0.1) is 12.3 Å². The Kier molecular flexibility index (Phi) is 5.32. The van der Waals surface area contributed by atoms with E-state index in [1.807, 2.05) is 37.3 Å². The van der Waals surface area contributed by atoms with Crippen LogP contribution in [0.1, 0.15) is 24.0 Å². The first-order chi connectivity index (χ1) is 9.71. The minimum Gasteiger partial charge on any atom is -0.378 e. The number of nitrogens with zero attached hydrogens (tertiary/aromatic N) is 2. The number of hydrogen-bond donors (Lipinski definition) is 1. The zero-order valence-electron chi connectivity index (χ0n) is 11.7. The van der Waals surface area contributed by atoms with Gasteiger partial charge in [0.15, 0.2) is 0 Å². The Labute approximate surface area is 124 Å². The Morgan fingerprint density at radius 1 is 1.20 bits per heavy atom. The third-order valence-electron chi connectivity index (χ3n) is 2.75. The van der Waals surface area contributed by atoms with Gasteiger partial charge in [0.1, 0.15) is 11.6 Å². The summed E-state index contributed by atoms with van der Waals surface area (Å²) < 4.78 is 5.15. The third-order valence-corrected chi connectivity index (χ3v) is 3.00. The summed E-state index contributed by atoms with van der Waals surface area (Å²) in [5.41, 5.74) is 2.01. The Hall–Kier alpha value is -1.65. The van der Waals surface area contributed by atoms with E-state index in [0.29, 0.717) is 13.0 Å². The van der Waals surface area contributed by atoms with Gasteiger partial charge in [0.2, 0.25) is 0 Å². The Balaban J connectivity index is 2.22. The van der Waals surface area contributed by atoms with E-state index in [1.165, 1.54) is 0 Å². The first kappa shape index (κ1) is 14.8. The maximum Gasteiger partial charge on any atom is 0.135 e. The Bertz CT molecular complexity index is 533. The monoisotopic (exact) mass is 291 g/mol. The number of benzene rings is 1. The summed E-state index contributed by atoms with van der Waals surface area (Å²) >= 11 is 5.89. The van der Waals surface area contributed by atoms with Crippen molar-refractivity contribution in [1.29, 1.82) is 0 Å². The SMILES string of the molecule is CCNc1cc(COC)nc(Cc2ccc(Cl)cc2)n1. The largest absolute Gasteiger partial charge is 0.378 e. The lowest BCUT2D eigenvalue weighted by atomic mass is 10.1. The molecule has 0 amide bonds. The van der Waals surface area contributed by atoms with Crippen molar-refractivity contribution in [3.05, 3.63) is 52.4 Å². The molecule has 0 aliphatic heterocycles. The van der Waals surface area contributed by atoms with E-state index in [1.54, 1.807) is 7.11 Å². The number of aromatic nitrogens is 2. The van der Waals surface area contributed by atoms with E-state index in [0.717, 1.165) is 34.5 Å². The van der Waals surface area contributed by atoms with Crippen LogP contribution in [0.3, 0.4) is 0 Å². The molecule has 1 heterocycles. The topological polar surface area (TPSA) is 47.0 Å². The Morgan fingerprint density at radius 2 is 1.95 bits per heavy atom. The van der Waals surface area contributed by atoms with Crippen molar-refractivity contribution < 1.29 is 4.74 Å². The molecule has 1 aromatic heterocycles. The molecule has 0 radical (unpaired) electrons.